The van der Waals surface area contributed by atoms with Crippen molar-refractivity contribution in [2.75, 3.05) is 5.73 Å². The van der Waals surface area contributed by atoms with Crippen molar-refractivity contribution in [1.29, 1.82) is 0 Å². The van der Waals surface area contributed by atoms with Crippen LogP contribution in [0.4, 0.5) is 5.69 Å². The first-order valence-corrected chi connectivity index (χ1v) is 9.92. The molecule has 28 heavy (non-hydrogen) atoms. The Balaban J connectivity index is 2.03. The lowest BCUT2D eigenvalue weighted by atomic mass is 9.84. The van der Waals surface area contributed by atoms with E-state index >= 15 is 0 Å². The minimum Gasteiger partial charge on any atom is -0.398 e. The third kappa shape index (κ3) is 4.11. The van der Waals surface area contributed by atoms with E-state index in [-0.39, 0.29) is 11.8 Å². The highest BCUT2D eigenvalue weighted by Crippen LogP contribution is 2.37. The lowest BCUT2D eigenvalue weighted by molar-refractivity contribution is 0.883. The molecule has 3 nitrogen and oxygen atoms in total. The highest BCUT2D eigenvalue weighted by molar-refractivity contribution is 5.61. The van der Waals surface area contributed by atoms with Gasteiger partial charge >= 0.3 is 0 Å². The van der Waals surface area contributed by atoms with E-state index < -0.39 is 0 Å². The van der Waals surface area contributed by atoms with E-state index in [0.717, 1.165) is 16.8 Å². The van der Waals surface area contributed by atoms with Crippen molar-refractivity contribution in [2.45, 2.75) is 45.7 Å². The predicted molar refractivity (Wildman–Crippen MR) is 119 cm³/mol. The first kappa shape index (κ1) is 20.1. The summed E-state index contributed by atoms with van der Waals surface area (Å²) < 4.78 is 0. The number of hydrogen-bond acceptors (Lipinski definition) is 3. The standard InChI is InChI=1S/C25H31N3/c1-16-10-23(17(2)21-8-4-6-19(12-21)14-26)25(28)24(11-16)18(3)22-9-5-7-20(13-22)15-27/h4-13,17-18H,14-15,26-28H2,1-3H3/t17-,18-/m1/s1. The summed E-state index contributed by atoms with van der Waals surface area (Å²) in [6.45, 7) is 7.65. The summed E-state index contributed by atoms with van der Waals surface area (Å²) in [4.78, 5) is 0. The number of nitrogen functional groups attached to an aromatic ring is 1. The summed E-state index contributed by atoms with van der Waals surface area (Å²) >= 11 is 0. The molecule has 0 unspecified atom stereocenters. The molecule has 0 spiro atoms. The van der Waals surface area contributed by atoms with E-state index in [1.165, 1.54) is 27.8 Å². The fourth-order valence-corrected chi connectivity index (χ4v) is 3.91. The van der Waals surface area contributed by atoms with Crippen LogP contribution in [0.2, 0.25) is 0 Å². The molecule has 3 heteroatoms. The molecule has 0 aliphatic heterocycles. The quantitative estimate of drug-likeness (QED) is 0.543. The second-order valence-electron chi connectivity index (χ2n) is 7.70. The highest BCUT2D eigenvalue weighted by Gasteiger charge is 2.19. The largest absolute Gasteiger partial charge is 0.398 e. The van der Waals surface area contributed by atoms with Crippen LogP contribution in [-0.4, -0.2) is 0 Å². The SMILES string of the molecule is Cc1cc([C@H](C)c2cccc(CN)c2)c(N)c([C@H](C)c2cccc(CN)c2)c1. The van der Waals surface area contributed by atoms with Gasteiger partial charge in [0.15, 0.2) is 0 Å². The van der Waals surface area contributed by atoms with Gasteiger partial charge in [-0.25, -0.2) is 0 Å². The smallest absolute Gasteiger partial charge is 0.0391 e. The van der Waals surface area contributed by atoms with Crippen LogP contribution in [0.15, 0.2) is 60.7 Å². The van der Waals surface area contributed by atoms with Gasteiger partial charge in [0, 0.05) is 30.6 Å². The number of rotatable bonds is 6. The third-order valence-corrected chi connectivity index (χ3v) is 5.69. The van der Waals surface area contributed by atoms with Crippen molar-refractivity contribution >= 4 is 5.69 Å². The van der Waals surface area contributed by atoms with Gasteiger partial charge in [0.05, 0.1) is 0 Å². The topological polar surface area (TPSA) is 78.1 Å². The van der Waals surface area contributed by atoms with Gasteiger partial charge in [-0.2, -0.15) is 0 Å². The number of hydrogen-bond donors (Lipinski definition) is 3. The molecule has 6 N–H and O–H groups in total. The number of anilines is 1. The predicted octanol–water partition coefficient (Wildman–Crippen LogP) is 4.80. The zero-order valence-electron chi connectivity index (χ0n) is 17.1. The van der Waals surface area contributed by atoms with Crippen LogP contribution in [0.3, 0.4) is 0 Å². The average Bonchev–Trinajstić information content (AvgIpc) is 2.74. The van der Waals surface area contributed by atoms with Gasteiger partial charge in [-0.15, -0.1) is 0 Å². The van der Waals surface area contributed by atoms with Crippen molar-refractivity contribution < 1.29 is 0 Å². The molecule has 0 aliphatic rings. The molecule has 0 aromatic heterocycles. The van der Waals surface area contributed by atoms with E-state index in [0.29, 0.717) is 13.1 Å². The van der Waals surface area contributed by atoms with Gasteiger partial charge in [-0.05, 0) is 40.3 Å². The first-order chi connectivity index (χ1) is 13.4. The Labute approximate surface area is 168 Å². The fourth-order valence-electron chi connectivity index (χ4n) is 3.91. The van der Waals surface area contributed by atoms with Gasteiger partial charge in [0.2, 0.25) is 0 Å². The molecule has 3 aromatic rings. The van der Waals surface area contributed by atoms with Gasteiger partial charge in [0.1, 0.15) is 0 Å². The third-order valence-electron chi connectivity index (χ3n) is 5.69. The Bertz CT molecular complexity index is 887. The second-order valence-corrected chi connectivity index (χ2v) is 7.70. The van der Waals surface area contributed by atoms with Crippen LogP contribution in [-0.2, 0) is 13.1 Å². The molecular weight excluding hydrogens is 342 g/mol. The number of nitrogens with two attached hydrogens (primary N) is 3. The molecule has 0 fully saturated rings. The molecule has 0 bridgehead atoms. The summed E-state index contributed by atoms with van der Waals surface area (Å²) in [6.07, 6.45) is 0. The molecule has 3 rings (SSSR count). The minimum atomic E-state index is 0.202. The Kier molecular flexibility index (Phi) is 6.18. The monoisotopic (exact) mass is 373 g/mol. The second kappa shape index (κ2) is 8.59. The summed E-state index contributed by atoms with van der Waals surface area (Å²) in [5, 5.41) is 0. The van der Waals surface area contributed by atoms with Crippen LogP contribution < -0.4 is 17.2 Å². The lowest BCUT2D eigenvalue weighted by Crippen LogP contribution is -2.09. The molecule has 3 aromatic carbocycles. The van der Waals surface area contributed by atoms with Gasteiger partial charge in [-0.3, -0.25) is 0 Å². The van der Waals surface area contributed by atoms with Gasteiger partial charge in [-0.1, -0.05) is 80.1 Å². The molecule has 0 aliphatic carbocycles. The maximum atomic E-state index is 6.72. The number of aryl methyl sites for hydroxylation is 1. The Morgan fingerprint density at radius 2 is 1.14 bits per heavy atom. The van der Waals surface area contributed by atoms with Crippen LogP contribution in [0, 0.1) is 6.92 Å². The minimum absolute atomic E-state index is 0.202. The van der Waals surface area contributed by atoms with E-state index in [2.05, 4.69) is 81.4 Å². The zero-order valence-corrected chi connectivity index (χ0v) is 17.1. The normalized spacial score (nSPS) is 13.3. The summed E-state index contributed by atoms with van der Waals surface area (Å²) in [7, 11) is 0. The summed E-state index contributed by atoms with van der Waals surface area (Å²) in [5.41, 5.74) is 27.6. The summed E-state index contributed by atoms with van der Waals surface area (Å²) in [6, 6.07) is 21.4. The van der Waals surface area contributed by atoms with Crippen LogP contribution in [0.5, 0.6) is 0 Å². The molecule has 0 saturated heterocycles. The Morgan fingerprint density at radius 1 is 0.714 bits per heavy atom. The van der Waals surface area contributed by atoms with E-state index in [1.54, 1.807) is 0 Å². The first-order valence-electron chi connectivity index (χ1n) is 9.92. The van der Waals surface area contributed by atoms with Gasteiger partial charge in [0.25, 0.3) is 0 Å². The molecule has 0 radical (unpaired) electrons. The van der Waals surface area contributed by atoms with Gasteiger partial charge < -0.3 is 17.2 Å². The zero-order chi connectivity index (χ0) is 20.3. The van der Waals surface area contributed by atoms with E-state index in [4.69, 9.17) is 17.2 Å². The molecular formula is C25H31N3. The van der Waals surface area contributed by atoms with Crippen molar-refractivity contribution in [3.05, 3.63) is 99.6 Å². The lowest BCUT2D eigenvalue weighted by Gasteiger charge is -2.23. The molecule has 146 valence electrons. The number of benzene rings is 3. The molecule has 0 heterocycles. The van der Waals surface area contributed by atoms with Crippen LogP contribution in [0.25, 0.3) is 0 Å². The molecule has 0 amide bonds. The maximum absolute atomic E-state index is 6.72. The average molecular weight is 374 g/mol. The molecule has 2 atom stereocenters. The van der Waals surface area contributed by atoms with Crippen molar-refractivity contribution in [1.82, 2.24) is 0 Å². The van der Waals surface area contributed by atoms with E-state index in [9.17, 15) is 0 Å². The summed E-state index contributed by atoms with van der Waals surface area (Å²) in [5.74, 6) is 0.403. The van der Waals surface area contributed by atoms with E-state index in [1.807, 2.05) is 0 Å². The molecule has 0 saturated carbocycles. The highest BCUT2D eigenvalue weighted by atomic mass is 14.6. The fraction of sp³-hybridized carbons (Fsp3) is 0.280. The Hall–Kier alpha value is -2.62. The maximum Gasteiger partial charge on any atom is 0.0391 e. The Morgan fingerprint density at radius 3 is 1.54 bits per heavy atom. The van der Waals surface area contributed by atoms with Crippen molar-refractivity contribution in [3.8, 4) is 0 Å². The van der Waals surface area contributed by atoms with Crippen molar-refractivity contribution in [2.24, 2.45) is 11.5 Å². The van der Waals surface area contributed by atoms with Crippen molar-refractivity contribution in [3.63, 3.8) is 0 Å². The van der Waals surface area contributed by atoms with Crippen LogP contribution in [0.1, 0.15) is 64.6 Å². The van der Waals surface area contributed by atoms with Crippen LogP contribution >= 0.6 is 0 Å².